The Morgan fingerprint density at radius 1 is 1.47 bits per heavy atom. The van der Waals surface area contributed by atoms with Gasteiger partial charge in [0.15, 0.2) is 0 Å². The van der Waals surface area contributed by atoms with Crippen LogP contribution in [0.3, 0.4) is 0 Å². The molecule has 0 radical (unpaired) electrons. The van der Waals surface area contributed by atoms with Gasteiger partial charge in [-0.05, 0) is 26.7 Å². The number of ether oxygens (including phenoxy) is 1. The number of hydrogen-bond acceptors (Lipinski definition) is 4. The highest BCUT2D eigenvalue weighted by molar-refractivity contribution is 5.80. The SMILES string of the molecule is CCOC(=O)C(C)NCC(=O)NC1CC1. The summed E-state index contributed by atoms with van der Waals surface area (Å²) in [6, 6.07) is -0.0768. The number of esters is 1. The van der Waals surface area contributed by atoms with E-state index in [4.69, 9.17) is 4.74 Å². The summed E-state index contributed by atoms with van der Waals surface area (Å²) in [6.07, 6.45) is 2.14. The van der Waals surface area contributed by atoms with Crippen molar-refractivity contribution in [2.45, 2.75) is 38.8 Å². The zero-order valence-corrected chi connectivity index (χ0v) is 9.21. The minimum Gasteiger partial charge on any atom is -0.465 e. The van der Waals surface area contributed by atoms with Crippen molar-refractivity contribution in [1.29, 1.82) is 0 Å². The van der Waals surface area contributed by atoms with E-state index in [2.05, 4.69) is 10.6 Å². The molecule has 1 fully saturated rings. The third-order valence-electron chi connectivity index (χ3n) is 2.15. The molecule has 15 heavy (non-hydrogen) atoms. The van der Waals surface area contributed by atoms with Crippen molar-refractivity contribution in [3.63, 3.8) is 0 Å². The molecule has 1 amide bonds. The van der Waals surface area contributed by atoms with Crippen molar-refractivity contribution in [3.8, 4) is 0 Å². The van der Waals surface area contributed by atoms with Gasteiger partial charge >= 0.3 is 5.97 Å². The minimum atomic E-state index is -0.435. The van der Waals surface area contributed by atoms with Crippen LogP contribution in [-0.2, 0) is 14.3 Å². The molecule has 1 atom stereocenters. The van der Waals surface area contributed by atoms with Gasteiger partial charge in [0.25, 0.3) is 0 Å². The Hall–Kier alpha value is -1.10. The average molecular weight is 214 g/mol. The van der Waals surface area contributed by atoms with Crippen LogP contribution in [0.2, 0.25) is 0 Å². The first kappa shape index (κ1) is 12.0. The molecule has 1 aliphatic carbocycles. The zero-order valence-electron chi connectivity index (χ0n) is 9.21. The van der Waals surface area contributed by atoms with E-state index in [0.717, 1.165) is 12.8 Å². The summed E-state index contributed by atoms with van der Waals surface area (Å²) in [5.74, 6) is -0.384. The third-order valence-corrected chi connectivity index (χ3v) is 2.15. The molecular formula is C10H18N2O3. The molecule has 1 saturated carbocycles. The van der Waals surface area contributed by atoms with Crippen molar-refractivity contribution in [2.24, 2.45) is 0 Å². The molecule has 0 aliphatic heterocycles. The monoisotopic (exact) mass is 214 g/mol. The molecule has 1 rings (SSSR count). The number of carbonyl (C=O) groups excluding carboxylic acids is 2. The van der Waals surface area contributed by atoms with Crippen LogP contribution in [0.15, 0.2) is 0 Å². The highest BCUT2D eigenvalue weighted by Gasteiger charge is 2.23. The second-order valence-electron chi connectivity index (χ2n) is 3.70. The van der Waals surface area contributed by atoms with Gasteiger partial charge in [-0.2, -0.15) is 0 Å². The molecule has 5 heteroatoms. The number of nitrogens with one attached hydrogen (secondary N) is 2. The molecular weight excluding hydrogens is 196 g/mol. The lowest BCUT2D eigenvalue weighted by Gasteiger charge is -2.12. The lowest BCUT2D eigenvalue weighted by atomic mass is 10.3. The summed E-state index contributed by atoms with van der Waals surface area (Å²) >= 11 is 0. The summed E-state index contributed by atoms with van der Waals surface area (Å²) in [6.45, 7) is 3.96. The van der Waals surface area contributed by atoms with Gasteiger partial charge in [-0.25, -0.2) is 0 Å². The molecule has 5 nitrogen and oxygen atoms in total. The van der Waals surface area contributed by atoms with Gasteiger partial charge in [-0.3, -0.25) is 14.9 Å². The van der Waals surface area contributed by atoms with Crippen LogP contribution in [0.1, 0.15) is 26.7 Å². The second-order valence-corrected chi connectivity index (χ2v) is 3.70. The van der Waals surface area contributed by atoms with E-state index in [0.29, 0.717) is 12.6 Å². The molecule has 0 aromatic carbocycles. The van der Waals surface area contributed by atoms with Crippen molar-refractivity contribution in [1.82, 2.24) is 10.6 Å². The highest BCUT2D eigenvalue weighted by atomic mass is 16.5. The van der Waals surface area contributed by atoms with E-state index in [-0.39, 0.29) is 18.4 Å². The molecule has 86 valence electrons. The summed E-state index contributed by atoms with van der Waals surface area (Å²) < 4.78 is 4.80. The molecule has 0 spiro atoms. The fourth-order valence-corrected chi connectivity index (χ4v) is 1.10. The highest BCUT2D eigenvalue weighted by Crippen LogP contribution is 2.18. The maximum Gasteiger partial charge on any atom is 0.322 e. The molecule has 2 N–H and O–H groups in total. The van der Waals surface area contributed by atoms with Gasteiger partial charge in [-0.15, -0.1) is 0 Å². The standard InChI is InChI=1S/C10H18N2O3/c1-3-15-10(14)7(2)11-6-9(13)12-8-4-5-8/h7-8,11H,3-6H2,1-2H3,(H,12,13). The first-order chi connectivity index (χ1) is 7.13. The third kappa shape index (κ3) is 4.78. The van der Waals surface area contributed by atoms with Crippen molar-refractivity contribution in [3.05, 3.63) is 0 Å². The van der Waals surface area contributed by atoms with E-state index in [9.17, 15) is 9.59 Å². The van der Waals surface area contributed by atoms with Crippen LogP contribution in [0, 0.1) is 0 Å². The summed E-state index contributed by atoms with van der Waals surface area (Å²) in [5.41, 5.74) is 0. The fraction of sp³-hybridized carbons (Fsp3) is 0.800. The predicted molar refractivity (Wildman–Crippen MR) is 55.3 cm³/mol. The maximum absolute atomic E-state index is 11.3. The maximum atomic E-state index is 11.3. The van der Waals surface area contributed by atoms with Gasteiger partial charge in [0.2, 0.25) is 5.91 Å². The number of hydrogen-bond donors (Lipinski definition) is 2. The van der Waals surface area contributed by atoms with Crippen LogP contribution in [0.5, 0.6) is 0 Å². The summed E-state index contributed by atoms with van der Waals surface area (Å²) in [7, 11) is 0. The largest absolute Gasteiger partial charge is 0.465 e. The lowest BCUT2D eigenvalue weighted by Crippen LogP contribution is -2.42. The van der Waals surface area contributed by atoms with Gasteiger partial charge in [0.1, 0.15) is 6.04 Å². The smallest absolute Gasteiger partial charge is 0.322 e. The lowest BCUT2D eigenvalue weighted by molar-refractivity contribution is -0.145. The Kier molecular flexibility index (Phi) is 4.55. The molecule has 1 unspecified atom stereocenters. The fourth-order valence-electron chi connectivity index (χ4n) is 1.10. The van der Waals surface area contributed by atoms with E-state index < -0.39 is 6.04 Å². The molecule has 0 aromatic rings. The van der Waals surface area contributed by atoms with Crippen LogP contribution in [0.25, 0.3) is 0 Å². The molecule has 0 bridgehead atoms. The first-order valence-electron chi connectivity index (χ1n) is 5.33. The Labute approximate surface area is 89.6 Å². The Balaban J connectivity index is 2.11. The van der Waals surface area contributed by atoms with Crippen molar-refractivity contribution >= 4 is 11.9 Å². The average Bonchev–Trinajstić information content (AvgIpc) is 2.98. The van der Waals surface area contributed by atoms with Crippen LogP contribution in [0.4, 0.5) is 0 Å². The molecule has 0 aromatic heterocycles. The Morgan fingerprint density at radius 3 is 2.67 bits per heavy atom. The quantitative estimate of drug-likeness (QED) is 0.601. The van der Waals surface area contributed by atoms with Gasteiger partial charge < -0.3 is 10.1 Å². The number of rotatable bonds is 6. The molecule has 0 saturated heterocycles. The van der Waals surface area contributed by atoms with Crippen molar-refractivity contribution < 1.29 is 14.3 Å². The second kappa shape index (κ2) is 5.70. The number of amides is 1. The topological polar surface area (TPSA) is 67.4 Å². The zero-order chi connectivity index (χ0) is 11.3. The first-order valence-corrected chi connectivity index (χ1v) is 5.33. The normalized spacial score (nSPS) is 16.9. The van der Waals surface area contributed by atoms with Gasteiger partial charge in [-0.1, -0.05) is 0 Å². The van der Waals surface area contributed by atoms with E-state index in [1.54, 1.807) is 13.8 Å². The summed E-state index contributed by atoms with van der Waals surface area (Å²) in [4.78, 5) is 22.4. The Morgan fingerprint density at radius 2 is 2.13 bits per heavy atom. The van der Waals surface area contributed by atoms with Crippen LogP contribution >= 0.6 is 0 Å². The van der Waals surface area contributed by atoms with E-state index in [1.807, 2.05) is 0 Å². The van der Waals surface area contributed by atoms with Crippen LogP contribution in [-0.4, -0.2) is 37.1 Å². The minimum absolute atomic E-state index is 0.0614. The van der Waals surface area contributed by atoms with Gasteiger partial charge in [0.05, 0.1) is 13.2 Å². The molecule has 0 heterocycles. The van der Waals surface area contributed by atoms with Crippen LogP contribution < -0.4 is 10.6 Å². The molecule has 1 aliphatic rings. The predicted octanol–water partition coefficient (Wildman–Crippen LogP) is -0.194. The van der Waals surface area contributed by atoms with Crippen molar-refractivity contribution in [2.75, 3.05) is 13.2 Å². The van der Waals surface area contributed by atoms with Gasteiger partial charge in [0, 0.05) is 6.04 Å². The summed E-state index contributed by atoms with van der Waals surface area (Å²) in [5, 5.41) is 5.64. The van der Waals surface area contributed by atoms with E-state index in [1.165, 1.54) is 0 Å². The van der Waals surface area contributed by atoms with E-state index >= 15 is 0 Å². The number of carbonyl (C=O) groups is 2. The Bertz CT molecular complexity index is 239.